The van der Waals surface area contributed by atoms with Crippen molar-refractivity contribution in [3.63, 3.8) is 0 Å². The van der Waals surface area contributed by atoms with Crippen LogP contribution in [0.2, 0.25) is 0 Å². The van der Waals surface area contributed by atoms with E-state index in [1.165, 1.54) is 11.3 Å². The third-order valence-electron chi connectivity index (χ3n) is 4.43. The van der Waals surface area contributed by atoms with Gasteiger partial charge in [-0.2, -0.15) is 11.8 Å². The fourth-order valence-corrected chi connectivity index (χ4v) is 5.45. The first-order valence-corrected chi connectivity index (χ1v) is 10.1. The first kappa shape index (κ1) is 16.5. The van der Waals surface area contributed by atoms with Gasteiger partial charge in [0, 0.05) is 34.1 Å². The van der Waals surface area contributed by atoms with Gasteiger partial charge in [0.2, 0.25) is 0 Å². The maximum Gasteiger partial charge on any atom is 0.305 e. The highest BCUT2D eigenvalue weighted by atomic mass is 32.2. The van der Waals surface area contributed by atoms with Crippen molar-refractivity contribution in [2.75, 3.05) is 18.1 Å². The van der Waals surface area contributed by atoms with E-state index in [0.29, 0.717) is 23.8 Å². The van der Waals surface area contributed by atoms with E-state index in [2.05, 4.69) is 0 Å². The SMILES string of the molecule is O=C(O)CC1CSCCN1C(=O)c1cc2c(s1)-c1ccccc1OC2. The van der Waals surface area contributed by atoms with Crippen LogP contribution in [-0.2, 0) is 11.4 Å². The molecule has 0 aliphatic carbocycles. The van der Waals surface area contributed by atoms with Crippen LogP contribution in [0.15, 0.2) is 30.3 Å². The molecule has 1 saturated heterocycles. The summed E-state index contributed by atoms with van der Waals surface area (Å²) in [5.41, 5.74) is 2.04. The molecule has 0 spiro atoms. The molecule has 1 N–H and O–H groups in total. The summed E-state index contributed by atoms with van der Waals surface area (Å²) in [6.07, 6.45) is -0.00419. The van der Waals surface area contributed by atoms with E-state index in [4.69, 9.17) is 9.84 Å². The smallest absolute Gasteiger partial charge is 0.305 e. The third-order valence-corrected chi connectivity index (χ3v) is 6.72. The number of para-hydroxylation sites is 1. The van der Waals surface area contributed by atoms with Gasteiger partial charge in [-0.1, -0.05) is 12.1 Å². The minimum absolute atomic E-state index is 0.00419. The van der Waals surface area contributed by atoms with Gasteiger partial charge in [0.05, 0.1) is 17.3 Å². The molecule has 0 bridgehead atoms. The van der Waals surface area contributed by atoms with Gasteiger partial charge in [-0.05, 0) is 18.2 Å². The minimum atomic E-state index is -0.863. The first-order chi connectivity index (χ1) is 12.1. The highest BCUT2D eigenvalue weighted by molar-refractivity contribution is 7.99. The molecule has 0 saturated carbocycles. The number of aliphatic carboxylic acids is 1. The van der Waals surface area contributed by atoms with Crippen molar-refractivity contribution in [3.8, 4) is 16.2 Å². The average Bonchev–Trinajstić information content (AvgIpc) is 3.06. The van der Waals surface area contributed by atoms with Crippen LogP contribution in [-0.4, -0.2) is 46.0 Å². The number of carbonyl (C=O) groups is 2. The fraction of sp³-hybridized carbons (Fsp3) is 0.333. The summed E-state index contributed by atoms with van der Waals surface area (Å²) in [4.78, 5) is 27.6. The Hall–Kier alpha value is -1.99. The predicted molar refractivity (Wildman–Crippen MR) is 98.5 cm³/mol. The number of thiophene rings is 1. The van der Waals surface area contributed by atoms with Crippen LogP contribution < -0.4 is 4.74 Å². The largest absolute Gasteiger partial charge is 0.488 e. The molecule has 2 aliphatic rings. The molecular weight excluding hydrogens is 358 g/mol. The number of benzene rings is 1. The van der Waals surface area contributed by atoms with Gasteiger partial charge >= 0.3 is 5.97 Å². The summed E-state index contributed by atoms with van der Waals surface area (Å²) in [5, 5.41) is 9.12. The molecule has 1 aromatic carbocycles. The number of rotatable bonds is 3. The van der Waals surface area contributed by atoms with E-state index >= 15 is 0 Å². The average molecular weight is 375 g/mol. The van der Waals surface area contributed by atoms with Crippen LogP contribution in [0.5, 0.6) is 5.75 Å². The monoisotopic (exact) mass is 375 g/mol. The van der Waals surface area contributed by atoms with Gasteiger partial charge in [0.15, 0.2) is 0 Å². The van der Waals surface area contributed by atoms with Crippen molar-refractivity contribution in [1.82, 2.24) is 4.90 Å². The van der Waals surface area contributed by atoms with Crippen LogP contribution in [0.3, 0.4) is 0 Å². The molecule has 1 unspecified atom stereocenters. The van der Waals surface area contributed by atoms with Gasteiger partial charge in [0.1, 0.15) is 12.4 Å². The highest BCUT2D eigenvalue weighted by Crippen LogP contribution is 2.42. The quantitative estimate of drug-likeness (QED) is 0.891. The number of hydrogen-bond acceptors (Lipinski definition) is 5. The van der Waals surface area contributed by atoms with Crippen LogP contribution in [0.4, 0.5) is 0 Å². The molecule has 1 aromatic heterocycles. The van der Waals surface area contributed by atoms with Crippen molar-refractivity contribution in [2.45, 2.75) is 19.1 Å². The number of ether oxygens (including phenoxy) is 1. The predicted octanol–water partition coefficient (Wildman–Crippen LogP) is 3.34. The summed E-state index contributed by atoms with van der Waals surface area (Å²) in [6.45, 7) is 1.06. The number of carbonyl (C=O) groups excluding carboxylic acids is 1. The Bertz CT molecular complexity index is 832. The summed E-state index contributed by atoms with van der Waals surface area (Å²) < 4.78 is 5.76. The third kappa shape index (κ3) is 3.14. The molecule has 2 aromatic rings. The topological polar surface area (TPSA) is 66.8 Å². The summed E-state index contributed by atoms with van der Waals surface area (Å²) in [5.74, 6) is 1.43. The maximum absolute atomic E-state index is 13.0. The number of carboxylic acid groups (broad SMARTS) is 1. The van der Waals surface area contributed by atoms with Crippen LogP contribution in [0.25, 0.3) is 10.4 Å². The second kappa shape index (κ2) is 6.72. The van der Waals surface area contributed by atoms with Crippen molar-refractivity contribution in [1.29, 1.82) is 0 Å². The summed E-state index contributed by atoms with van der Waals surface area (Å²) >= 11 is 3.18. The number of nitrogens with zero attached hydrogens (tertiary/aromatic N) is 1. The molecule has 3 heterocycles. The van der Waals surface area contributed by atoms with Gasteiger partial charge in [-0.15, -0.1) is 11.3 Å². The number of carboxylic acids is 1. The molecule has 2 aliphatic heterocycles. The van der Waals surface area contributed by atoms with Crippen LogP contribution in [0.1, 0.15) is 21.7 Å². The second-order valence-corrected chi connectivity index (χ2v) is 8.28. The van der Waals surface area contributed by atoms with Crippen LogP contribution in [0, 0.1) is 0 Å². The lowest BCUT2D eigenvalue weighted by molar-refractivity contribution is -0.138. The number of amides is 1. The van der Waals surface area contributed by atoms with Gasteiger partial charge in [-0.25, -0.2) is 0 Å². The Morgan fingerprint density at radius 1 is 1.32 bits per heavy atom. The molecule has 1 fully saturated rings. The van der Waals surface area contributed by atoms with Gasteiger partial charge in [0.25, 0.3) is 5.91 Å². The van der Waals surface area contributed by atoms with Crippen molar-refractivity contribution in [3.05, 3.63) is 40.8 Å². The lowest BCUT2D eigenvalue weighted by atomic mass is 10.1. The maximum atomic E-state index is 13.0. The van der Waals surface area contributed by atoms with E-state index in [-0.39, 0.29) is 18.4 Å². The Morgan fingerprint density at radius 3 is 3.00 bits per heavy atom. The lowest BCUT2D eigenvalue weighted by Crippen LogP contribution is -2.46. The van der Waals surface area contributed by atoms with Gasteiger partial charge in [-0.3, -0.25) is 9.59 Å². The Labute approximate surface area is 153 Å². The number of thioether (sulfide) groups is 1. The summed E-state index contributed by atoms with van der Waals surface area (Å²) in [6, 6.07) is 9.49. The van der Waals surface area contributed by atoms with Gasteiger partial charge < -0.3 is 14.7 Å². The lowest BCUT2D eigenvalue weighted by Gasteiger charge is -2.34. The Kier molecular flexibility index (Phi) is 4.43. The molecule has 1 atom stereocenters. The highest BCUT2D eigenvalue weighted by Gasteiger charge is 2.31. The standard InChI is InChI=1S/C18H17NO4S2/c20-16(21)8-12-10-24-6-5-19(12)18(22)15-7-11-9-23-14-4-2-1-3-13(14)17(11)25-15/h1-4,7,12H,5-6,8-10H2,(H,20,21). The molecule has 4 rings (SSSR count). The zero-order chi connectivity index (χ0) is 17.4. The van der Waals surface area contributed by atoms with Crippen molar-refractivity contribution < 1.29 is 19.4 Å². The van der Waals surface area contributed by atoms with Crippen molar-refractivity contribution >= 4 is 35.0 Å². The fourth-order valence-electron chi connectivity index (χ4n) is 3.24. The van der Waals surface area contributed by atoms with E-state index < -0.39 is 5.97 Å². The Morgan fingerprint density at radius 2 is 2.16 bits per heavy atom. The van der Waals surface area contributed by atoms with E-state index in [9.17, 15) is 9.59 Å². The molecular formula is C18H17NO4S2. The normalized spacial score (nSPS) is 18.9. The zero-order valence-corrected chi connectivity index (χ0v) is 15.1. The Balaban J connectivity index is 1.63. The van der Waals surface area contributed by atoms with Crippen LogP contribution >= 0.6 is 23.1 Å². The van der Waals surface area contributed by atoms with E-state index in [1.807, 2.05) is 30.3 Å². The molecule has 25 heavy (non-hydrogen) atoms. The zero-order valence-electron chi connectivity index (χ0n) is 13.4. The second-order valence-electron chi connectivity index (χ2n) is 6.07. The molecule has 1 amide bonds. The van der Waals surface area contributed by atoms with Crippen molar-refractivity contribution in [2.24, 2.45) is 0 Å². The molecule has 130 valence electrons. The summed E-state index contributed by atoms with van der Waals surface area (Å²) in [7, 11) is 0. The minimum Gasteiger partial charge on any atom is -0.488 e. The molecule has 7 heteroatoms. The number of hydrogen-bond donors (Lipinski definition) is 1. The van der Waals surface area contributed by atoms with E-state index in [0.717, 1.165) is 27.5 Å². The molecule has 5 nitrogen and oxygen atoms in total. The number of fused-ring (bicyclic) bond motifs is 3. The molecule has 0 radical (unpaired) electrons. The first-order valence-electron chi connectivity index (χ1n) is 8.09. The van der Waals surface area contributed by atoms with E-state index in [1.54, 1.807) is 16.7 Å².